The van der Waals surface area contributed by atoms with Crippen LogP contribution in [0.1, 0.15) is 29.3 Å². The molecule has 0 radical (unpaired) electrons. The fraction of sp³-hybridized carbons (Fsp3) is 0.235. The number of benzene rings is 2. The van der Waals surface area contributed by atoms with Crippen LogP contribution >= 0.6 is 0 Å². The fourth-order valence-electron chi connectivity index (χ4n) is 3.31. The first kappa shape index (κ1) is 10.1. The number of ketones is 1. The molecule has 0 spiro atoms. The molecular weight excluding hydrogens is 220 g/mol. The second kappa shape index (κ2) is 2.92. The number of hydrogen-bond donors (Lipinski definition) is 0. The average molecular weight is 234 g/mol. The zero-order chi connectivity index (χ0) is 12.5. The van der Waals surface area contributed by atoms with Gasteiger partial charge in [-0.25, -0.2) is 0 Å². The van der Waals surface area contributed by atoms with Gasteiger partial charge in [-0.1, -0.05) is 37.8 Å². The second-order valence-corrected chi connectivity index (χ2v) is 5.77. The van der Waals surface area contributed by atoms with Crippen molar-refractivity contribution in [2.45, 2.75) is 13.3 Å². The predicted octanol–water partition coefficient (Wildman–Crippen LogP) is 4.08. The van der Waals surface area contributed by atoms with E-state index >= 15 is 0 Å². The molecule has 2 aromatic rings. The third-order valence-electron chi connectivity index (χ3n) is 4.65. The van der Waals surface area contributed by atoms with Gasteiger partial charge in [-0.2, -0.15) is 0 Å². The van der Waals surface area contributed by atoms with E-state index in [2.05, 4.69) is 31.7 Å². The minimum atomic E-state index is -0.160. The highest BCUT2D eigenvalue weighted by Crippen LogP contribution is 2.63. The van der Waals surface area contributed by atoms with E-state index in [0.29, 0.717) is 11.7 Å². The third-order valence-corrected chi connectivity index (χ3v) is 4.65. The lowest BCUT2D eigenvalue weighted by Gasteiger charge is -2.22. The monoisotopic (exact) mass is 234 g/mol. The van der Waals surface area contributed by atoms with Crippen LogP contribution in [0.4, 0.5) is 0 Å². The maximum Gasteiger partial charge on any atom is 0.169 e. The van der Waals surface area contributed by atoms with Crippen molar-refractivity contribution in [2.24, 2.45) is 11.3 Å². The van der Waals surface area contributed by atoms with Crippen molar-refractivity contribution in [1.29, 1.82) is 0 Å². The predicted molar refractivity (Wildman–Crippen MR) is 73.5 cm³/mol. The standard InChI is InChI=1S/C17H14O/c1-10-13-7-11-5-3-4-6-12(11)8-14(13)16(18)17(2)9-15(10)17/h3-8,15H,1,9H2,2H3. The summed E-state index contributed by atoms with van der Waals surface area (Å²) in [4.78, 5) is 12.5. The summed E-state index contributed by atoms with van der Waals surface area (Å²) < 4.78 is 0. The number of fused-ring (bicyclic) bond motifs is 3. The summed E-state index contributed by atoms with van der Waals surface area (Å²) in [6.07, 6.45) is 0.968. The van der Waals surface area contributed by atoms with E-state index in [0.717, 1.165) is 28.5 Å². The highest BCUT2D eigenvalue weighted by molar-refractivity contribution is 6.13. The Kier molecular flexibility index (Phi) is 1.63. The van der Waals surface area contributed by atoms with Crippen LogP contribution in [0, 0.1) is 11.3 Å². The smallest absolute Gasteiger partial charge is 0.169 e. The number of carbonyl (C=O) groups is 1. The van der Waals surface area contributed by atoms with Crippen molar-refractivity contribution >= 4 is 22.1 Å². The van der Waals surface area contributed by atoms with E-state index < -0.39 is 0 Å². The topological polar surface area (TPSA) is 17.1 Å². The van der Waals surface area contributed by atoms with Gasteiger partial charge in [0, 0.05) is 11.0 Å². The lowest BCUT2D eigenvalue weighted by molar-refractivity contribution is 0.0902. The minimum Gasteiger partial charge on any atom is -0.294 e. The van der Waals surface area contributed by atoms with Crippen molar-refractivity contribution in [3.05, 3.63) is 54.1 Å². The largest absolute Gasteiger partial charge is 0.294 e. The molecule has 1 nitrogen and oxygen atoms in total. The van der Waals surface area contributed by atoms with Gasteiger partial charge >= 0.3 is 0 Å². The van der Waals surface area contributed by atoms with Gasteiger partial charge in [0.15, 0.2) is 5.78 Å². The molecule has 1 heteroatoms. The van der Waals surface area contributed by atoms with Gasteiger partial charge in [-0.15, -0.1) is 0 Å². The molecule has 2 aliphatic carbocycles. The summed E-state index contributed by atoms with van der Waals surface area (Å²) in [6, 6.07) is 12.4. The van der Waals surface area contributed by atoms with E-state index in [1.165, 1.54) is 5.39 Å². The molecule has 0 amide bonds. The first-order valence-electron chi connectivity index (χ1n) is 6.38. The molecule has 0 saturated heterocycles. The SMILES string of the molecule is C=C1c2cc3ccccc3cc2C(=O)C2(C)CC12. The molecule has 1 fully saturated rings. The fourth-order valence-corrected chi connectivity index (χ4v) is 3.31. The summed E-state index contributed by atoms with van der Waals surface area (Å²) in [7, 11) is 0. The molecule has 2 aliphatic rings. The summed E-state index contributed by atoms with van der Waals surface area (Å²) in [5.74, 6) is 0.680. The van der Waals surface area contributed by atoms with Gasteiger partial charge in [0.1, 0.15) is 0 Å². The highest BCUT2D eigenvalue weighted by atomic mass is 16.1. The summed E-state index contributed by atoms with van der Waals surface area (Å²) in [5.41, 5.74) is 2.93. The maximum atomic E-state index is 12.5. The van der Waals surface area contributed by atoms with Gasteiger partial charge < -0.3 is 0 Å². The van der Waals surface area contributed by atoms with E-state index in [4.69, 9.17) is 0 Å². The zero-order valence-electron chi connectivity index (χ0n) is 10.4. The number of hydrogen-bond acceptors (Lipinski definition) is 1. The molecular formula is C17H14O. The van der Waals surface area contributed by atoms with Crippen molar-refractivity contribution in [3.63, 3.8) is 0 Å². The summed E-state index contributed by atoms with van der Waals surface area (Å²) in [6.45, 7) is 6.29. The average Bonchev–Trinajstić information content (AvgIpc) is 3.09. The van der Waals surface area contributed by atoms with E-state index in [1.54, 1.807) is 0 Å². The first-order chi connectivity index (χ1) is 8.61. The van der Waals surface area contributed by atoms with Crippen molar-refractivity contribution < 1.29 is 4.79 Å². The maximum absolute atomic E-state index is 12.5. The normalized spacial score (nSPS) is 29.1. The second-order valence-electron chi connectivity index (χ2n) is 5.77. The molecule has 4 rings (SSSR count). The Morgan fingerprint density at radius 2 is 1.78 bits per heavy atom. The number of allylic oxidation sites excluding steroid dienone is 1. The van der Waals surface area contributed by atoms with Crippen LogP contribution in [0.5, 0.6) is 0 Å². The molecule has 0 N–H and O–H groups in total. The van der Waals surface area contributed by atoms with Crippen LogP contribution in [0.25, 0.3) is 16.3 Å². The molecule has 0 aromatic heterocycles. The summed E-state index contributed by atoms with van der Waals surface area (Å²) >= 11 is 0. The number of rotatable bonds is 0. The quantitative estimate of drug-likeness (QED) is 0.671. The minimum absolute atomic E-state index is 0.160. The van der Waals surface area contributed by atoms with Crippen LogP contribution in [0.3, 0.4) is 0 Å². The van der Waals surface area contributed by atoms with Crippen LogP contribution < -0.4 is 0 Å². The van der Waals surface area contributed by atoms with E-state index in [-0.39, 0.29) is 5.41 Å². The molecule has 0 bridgehead atoms. The van der Waals surface area contributed by atoms with Gasteiger partial charge in [0.05, 0.1) is 0 Å². The lowest BCUT2D eigenvalue weighted by Crippen LogP contribution is -2.21. The van der Waals surface area contributed by atoms with Crippen LogP contribution in [0.15, 0.2) is 43.0 Å². The molecule has 88 valence electrons. The van der Waals surface area contributed by atoms with Gasteiger partial charge in [0.25, 0.3) is 0 Å². The summed E-state index contributed by atoms with van der Waals surface area (Å²) in [5, 5.41) is 2.33. The van der Waals surface area contributed by atoms with Crippen molar-refractivity contribution in [2.75, 3.05) is 0 Å². The molecule has 0 aliphatic heterocycles. The Hall–Kier alpha value is -1.89. The number of Topliss-reactive ketones (excluding diaryl/α,β-unsaturated/α-hetero) is 1. The van der Waals surface area contributed by atoms with Gasteiger partial charge in [0.2, 0.25) is 0 Å². The zero-order valence-corrected chi connectivity index (χ0v) is 10.4. The van der Waals surface area contributed by atoms with E-state index in [1.807, 2.05) is 18.2 Å². The molecule has 18 heavy (non-hydrogen) atoms. The molecule has 0 heterocycles. The lowest BCUT2D eigenvalue weighted by atomic mass is 9.80. The Morgan fingerprint density at radius 3 is 2.44 bits per heavy atom. The van der Waals surface area contributed by atoms with Crippen LogP contribution in [0.2, 0.25) is 0 Å². The molecule has 2 atom stereocenters. The first-order valence-corrected chi connectivity index (χ1v) is 6.38. The van der Waals surface area contributed by atoms with Crippen molar-refractivity contribution in [1.82, 2.24) is 0 Å². The Morgan fingerprint density at radius 1 is 1.17 bits per heavy atom. The molecule has 1 saturated carbocycles. The Labute approximate surface area is 106 Å². The van der Waals surface area contributed by atoms with E-state index in [9.17, 15) is 4.79 Å². The molecule has 2 aromatic carbocycles. The van der Waals surface area contributed by atoms with Crippen LogP contribution in [-0.2, 0) is 0 Å². The highest BCUT2D eigenvalue weighted by Gasteiger charge is 2.60. The van der Waals surface area contributed by atoms with Gasteiger partial charge in [-0.3, -0.25) is 4.79 Å². The third kappa shape index (κ3) is 1.05. The van der Waals surface area contributed by atoms with Crippen LogP contribution in [-0.4, -0.2) is 5.78 Å². The van der Waals surface area contributed by atoms with Crippen molar-refractivity contribution in [3.8, 4) is 0 Å². The van der Waals surface area contributed by atoms with Gasteiger partial charge in [-0.05, 0) is 46.4 Å². The number of carbonyl (C=O) groups excluding carboxylic acids is 1. The Bertz CT molecular complexity index is 725. The molecule has 2 unspecified atom stereocenters. The Balaban J connectivity index is 2.06.